The van der Waals surface area contributed by atoms with Crippen molar-refractivity contribution in [1.29, 1.82) is 0 Å². The van der Waals surface area contributed by atoms with Crippen molar-refractivity contribution in [2.75, 3.05) is 21.3 Å². The van der Waals surface area contributed by atoms with Crippen LogP contribution in [-0.2, 0) is 6.42 Å². The number of aryl methyl sites for hydroxylation is 1. The number of aromatic nitrogens is 4. The first-order chi connectivity index (χ1) is 12.2. The van der Waals surface area contributed by atoms with Gasteiger partial charge < -0.3 is 14.2 Å². The largest absolute Gasteiger partial charge is 0.493 e. The minimum Gasteiger partial charge on any atom is -0.493 e. The van der Waals surface area contributed by atoms with Crippen molar-refractivity contribution in [3.63, 3.8) is 0 Å². The Morgan fingerprint density at radius 1 is 0.960 bits per heavy atom. The van der Waals surface area contributed by atoms with E-state index < -0.39 is 0 Å². The zero-order chi connectivity index (χ0) is 17.8. The number of ether oxygens (including phenoxy) is 3. The third kappa shape index (κ3) is 3.40. The molecule has 25 heavy (non-hydrogen) atoms. The van der Waals surface area contributed by atoms with Gasteiger partial charge in [0, 0.05) is 18.8 Å². The molecule has 0 fully saturated rings. The number of pyridine rings is 1. The standard InChI is InChI=1S/C18H20N4O3/c1-12-20-17(22(21-12)14-5-7-19-8-6-14)11-13-9-15(23-2)18(25-4)16(10-13)24-3/h5-10H,11H2,1-4H3. The second-order valence-electron chi connectivity index (χ2n) is 5.40. The Labute approximate surface area is 146 Å². The minimum atomic E-state index is 0.569. The van der Waals surface area contributed by atoms with Crippen molar-refractivity contribution in [2.45, 2.75) is 13.3 Å². The summed E-state index contributed by atoms with van der Waals surface area (Å²) in [6.45, 7) is 1.87. The molecular weight excluding hydrogens is 320 g/mol. The van der Waals surface area contributed by atoms with Gasteiger partial charge in [0.25, 0.3) is 0 Å². The van der Waals surface area contributed by atoms with E-state index in [1.54, 1.807) is 33.7 Å². The molecule has 1 aromatic carbocycles. The maximum absolute atomic E-state index is 5.42. The van der Waals surface area contributed by atoms with Crippen LogP contribution in [0.5, 0.6) is 17.2 Å². The average Bonchev–Trinajstić information content (AvgIpc) is 3.01. The molecule has 2 heterocycles. The normalized spacial score (nSPS) is 10.6. The highest BCUT2D eigenvalue weighted by Gasteiger charge is 2.16. The molecule has 0 unspecified atom stereocenters. The van der Waals surface area contributed by atoms with E-state index in [1.807, 2.05) is 35.9 Å². The number of rotatable bonds is 6. The maximum atomic E-state index is 5.42. The number of nitrogens with zero attached hydrogens (tertiary/aromatic N) is 4. The fourth-order valence-electron chi connectivity index (χ4n) is 2.69. The Kier molecular flexibility index (Phi) is 4.83. The summed E-state index contributed by atoms with van der Waals surface area (Å²) in [5, 5.41) is 4.49. The number of hydrogen-bond acceptors (Lipinski definition) is 6. The highest BCUT2D eigenvalue weighted by molar-refractivity contribution is 5.54. The highest BCUT2D eigenvalue weighted by atomic mass is 16.5. The lowest BCUT2D eigenvalue weighted by Gasteiger charge is -2.14. The van der Waals surface area contributed by atoms with Crippen LogP contribution in [0.15, 0.2) is 36.7 Å². The number of hydrogen-bond donors (Lipinski definition) is 0. The fraction of sp³-hybridized carbons (Fsp3) is 0.278. The molecule has 7 heteroatoms. The molecule has 2 aromatic heterocycles. The molecule has 0 saturated heterocycles. The smallest absolute Gasteiger partial charge is 0.203 e. The molecule has 0 N–H and O–H groups in total. The molecule has 0 saturated carbocycles. The summed E-state index contributed by atoms with van der Waals surface area (Å²) in [6.07, 6.45) is 4.03. The maximum Gasteiger partial charge on any atom is 0.203 e. The van der Waals surface area contributed by atoms with Crippen LogP contribution in [0.3, 0.4) is 0 Å². The Balaban J connectivity index is 2.01. The Morgan fingerprint density at radius 2 is 1.60 bits per heavy atom. The third-order valence-corrected chi connectivity index (χ3v) is 3.77. The Morgan fingerprint density at radius 3 is 2.16 bits per heavy atom. The van der Waals surface area contributed by atoms with E-state index in [2.05, 4.69) is 15.1 Å². The fourth-order valence-corrected chi connectivity index (χ4v) is 2.69. The van der Waals surface area contributed by atoms with Crippen LogP contribution in [0.4, 0.5) is 0 Å². The van der Waals surface area contributed by atoms with Crippen LogP contribution in [0.2, 0.25) is 0 Å². The highest BCUT2D eigenvalue weighted by Crippen LogP contribution is 2.38. The molecular formula is C18H20N4O3. The molecule has 3 rings (SSSR count). The molecule has 0 aliphatic rings. The van der Waals surface area contributed by atoms with Gasteiger partial charge in [0.15, 0.2) is 11.5 Å². The van der Waals surface area contributed by atoms with E-state index in [4.69, 9.17) is 14.2 Å². The van der Waals surface area contributed by atoms with Crippen molar-refractivity contribution in [2.24, 2.45) is 0 Å². The van der Waals surface area contributed by atoms with E-state index in [1.165, 1.54) is 0 Å². The molecule has 0 bridgehead atoms. The van der Waals surface area contributed by atoms with E-state index in [-0.39, 0.29) is 0 Å². The molecule has 7 nitrogen and oxygen atoms in total. The summed E-state index contributed by atoms with van der Waals surface area (Å²) >= 11 is 0. The van der Waals surface area contributed by atoms with Gasteiger partial charge in [-0.25, -0.2) is 9.67 Å². The van der Waals surface area contributed by atoms with Gasteiger partial charge in [-0.15, -0.1) is 0 Å². The molecule has 0 atom stereocenters. The summed E-state index contributed by atoms with van der Waals surface area (Å²) < 4.78 is 18.0. The summed E-state index contributed by atoms with van der Waals surface area (Å²) in [6, 6.07) is 7.63. The van der Waals surface area contributed by atoms with Crippen LogP contribution >= 0.6 is 0 Å². The molecule has 0 radical (unpaired) electrons. The van der Waals surface area contributed by atoms with E-state index in [0.29, 0.717) is 29.5 Å². The van der Waals surface area contributed by atoms with Crippen molar-refractivity contribution < 1.29 is 14.2 Å². The summed E-state index contributed by atoms with van der Waals surface area (Å²) in [4.78, 5) is 8.60. The van der Waals surface area contributed by atoms with Gasteiger partial charge in [-0.1, -0.05) is 0 Å². The zero-order valence-corrected chi connectivity index (χ0v) is 14.7. The summed E-state index contributed by atoms with van der Waals surface area (Å²) in [5.41, 5.74) is 1.90. The van der Waals surface area contributed by atoms with Gasteiger partial charge in [0.1, 0.15) is 11.6 Å². The van der Waals surface area contributed by atoms with E-state index >= 15 is 0 Å². The number of benzene rings is 1. The predicted molar refractivity (Wildman–Crippen MR) is 92.8 cm³/mol. The lowest BCUT2D eigenvalue weighted by Crippen LogP contribution is -2.05. The minimum absolute atomic E-state index is 0.569. The Bertz CT molecular complexity index is 837. The quantitative estimate of drug-likeness (QED) is 0.687. The van der Waals surface area contributed by atoms with Crippen molar-refractivity contribution in [3.8, 4) is 22.9 Å². The SMILES string of the molecule is COc1cc(Cc2nc(C)nn2-c2ccncc2)cc(OC)c1OC. The first-order valence-electron chi connectivity index (χ1n) is 7.78. The molecule has 0 amide bonds. The van der Waals surface area contributed by atoms with Crippen LogP contribution in [0.1, 0.15) is 17.2 Å². The average molecular weight is 340 g/mol. The first kappa shape index (κ1) is 16.8. The second kappa shape index (κ2) is 7.21. The van der Waals surface area contributed by atoms with Crippen molar-refractivity contribution >= 4 is 0 Å². The van der Waals surface area contributed by atoms with Gasteiger partial charge in [-0.3, -0.25) is 4.98 Å². The molecule has 0 spiro atoms. The second-order valence-corrected chi connectivity index (χ2v) is 5.40. The van der Waals surface area contributed by atoms with E-state index in [9.17, 15) is 0 Å². The molecule has 3 aromatic rings. The van der Waals surface area contributed by atoms with Crippen LogP contribution in [-0.4, -0.2) is 41.1 Å². The van der Waals surface area contributed by atoms with Crippen LogP contribution in [0.25, 0.3) is 5.69 Å². The van der Waals surface area contributed by atoms with Crippen molar-refractivity contribution in [3.05, 3.63) is 53.9 Å². The van der Waals surface area contributed by atoms with Crippen LogP contribution < -0.4 is 14.2 Å². The van der Waals surface area contributed by atoms with Gasteiger partial charge in [0.05, 0.1) is 27.0 Å². The summed E-state index contributed by atoms with van der Waals surface area (Å²) in [7, 11) is 4.79. The Hall–Kier alpha value is -3.09. The monoisotopic (exact) mass is 340 g/mol. The van der Waals surface area contributed by atoms with Gasteiger partial charge in [0.2, 0.25) is 5.75 Å². The zero-order valence-electron chi connectivity index (χ0n) is 14.7. The predicted octanol–water partition coefficient (Wildman–Crippen LogP) is 2.59. The lowest BCUT2D eigenvalue weighted by molar-refractivity contribution is 0.324. The summed E-state index contributed by atoms with van der Waals surface area (Å²) in [5.74, 6) is 3.32. The molecule has 130 valence electrons. The van der Waals surface area contributed by atoms with Gasteiger partial charge in [-0.2, -0.15) is 5.10 Å². The molecule has 0 aliphatic heterocycles. The first-order valence-corrected chi connectivity index (χ1v) is 7.78. The number of methoxy groups -OCH3 is 3. The van der Waals surface area contributed by atoms with Gasteiger partial charge in [-0.05, 0) is 36.8 Å². The van der Waals surface area contributed by atoms with Crippen molar-refractivity contribution in [1.82, 2.24) is 19.7 Å². The molecule has 0 aliphatic carbocycles. The topological polar surface area (TPSA) is 71.3 Å². The van der Waals surface area contributed by atoms with Gasteiger partial charge >= 0.3 is 0 Å². The van der Waals surface area contributed by atoms with Crippen LogP contribution in [0, 0.1) is 6.92 Å². The lowest BCUT2D eigenvalue weighted by atomic mass is 10.1. The van der Waals surface area contributed by atoms with E-state index in [0.717, 1.165) is 17.1 Å². The third-order valence-electron chi connectivity index (χ3n) is 3.77.